The third-order valence-electron chi connectivity index (χ3n) is 5.73. The van der Waals surface area contributed by atoms with Crippen molar-refractivity contribution >= 4 is 11.8 Å². The third kappa shape index (κ3) is 4.98. The molecule has 0 aliphatic carbocycles. The van der Waals surface area contributed by atoms with Crippen LogP contribution in [0.25, 0.3) is 0 Å². The fourth-order valence-corrected chi connectivity index (χ4v) is 3.96. The molecule has 4 rings (SSSR count). The van der Waals surface area contributed by atoms with Crippen molar-refractivity contribution in [2.45, 2.75) is 31.6 Å². The highest BCUT2D eigenvalue weighted by atomic mass is 16.5. The predicted molar refractivity (Wildman–Crippen MR) is 123 cm³/mol. The van der Waals surface area contributed by atoms with Crippen LogP contribution in [0.15, 0.2) is 78.9 Å². The smallest absolute Gasteiger partial charge is 0.247 e. The van der Waals surface area contributed by atoms with Gasteiger partial charge in [-0.1, -0.05) is 72.8 Å². The van der Waals surface area contributed by atoms with Crippen LogP contribution >= 0.6 is 0 Å². The van der Waals surface area contributed by atoms with Crippen molar-refractivity contribution in [3.63, 3.8) is 0 Å². The highest BCUT2D eigenvalue weighted by Crippen LogP contribution is 2.20. The lowest BCUT2D eigenvalue weighted by Gasteiger charge is -2.27. The zero-order chi connectivity index (χ0) is 22.3. The molecule has 6 nitrogen and oxygen atoms in total. The van der Waals surface area contributed by atoms with E-state index >= 15 is 0 Å². The number of ether oxygens (including phenoxy) is 1. The number of carbonyl (C=O) groups excluding carboxylic acids is 2. The number of nitrogens with one attached hydrogen (secondary N) is 3. The van der Waals surface area contributed by atoms with Gasteiger partial charge >= 0.3 is 0 Å². The standard InChI is InChI=1S/C26H27N3O3/c1-32-23-14-8-7-13-21(23)17-28-26(31)24(18-9-3-2-4-10-18)29-25(30)22-15-19-11-5-6-12-20(19)16-27-22/h2-14,22,24,27H,15-17H2,1H3,(H,28,31)(H,29,30). The number of para-hydroxylation sites is 1. The summed E-state index contributed by atoms with van der Waals surface area (Å²) in [5.41, 5.74) is 3.95. The van der Waals surface area contributed by atoms with E-state index in [0.29, 0.717) is 25.3 Å². The van der Waals surface area contributed by atoms with E-state index in [9.17, 15) is 9.59 Å². The van der Waals surface area contributed by atoms with E-state index in [1.54, 1.807) is 7.11 Å². The molecule has 0 saturated heterocycles. The van der Waals surface area contributed by atoms with Crippen molar-refractivity contribution in [3.05, 3.63) is 101 Å². The molecule has 3 N–H and O–H groups in total. The number of fused-ring (bicyclic) bond motifs is 1. The summed E-state index contributed by atoms with van der Waals surface area (Å²) in [6.07, 6.45) is 0.590. The molecule has 0 aromatic heterocycles. The Kier molecular flexibility index (Phi) is 6.82. The molecule has 164 valence electrons. The fraction of sp³-hybridized carbons (Fsp3) is 0.231. The summed E-state index contributed by atoms with van der Waals surface area (Å²) in [7, 11) is 1.60. The molecule has 3 aromatic carbocycles. The van der Waals surface area contributed by atoms with Gasteiger partial charge in [0.25, 0.3) is 0 Å². The molecule has 2 atom stereocenters. The van der Waals surface area contributed by atoms with E-state index < -0.39 is 12.1 Å². The van der Waals surface area contributed by atoms with E-state index in [1.165, 1.54) is 5.56 Å². The first-order valence-corrected chi connectivity index (χ1v) is 10.7. The molecule has 1 heterocycles. The quantitative estimate of drug-likeness (QED) is 0.540. The lowest BCUT2D eigenvalue weighted by atomic mass is 9.95. The van der Waals surface area contributed by atoms with Crippen LogP contribution < -0.4 is 20.7 Å². The van der Waals surface area contributed by atoms with E-state index in [1.807, 2.05) is 72.8 Å². The van der Waals surface area contributed by atoms with E-state index in [0.717, 1.165) is 16.7 Å². The average molecular weight is 430 g/mol. The Hall–Kier alpha value is -3.64. The van der Waals surface area contributed by atoms with Gasteiger partial charge in [-0.25, -0.2) is 0 Å². The van der Waals surface area contributed by atoms with Crippen LogP contribution in [0, 0.1) is 0 Å². The average Bonchev–Trinajstić information content (AvgIpc) is 2.86. The number of amides is 2. The van der Waals surface area contributed by atoms with Gasteiger partial charge in [-0.05, 0) is 29.2 Å². The van der Waals surface area contributed by atoms with Crippen molar-refractivity contribution in [2.24, 2.45) is 0 Å². The monoisotopic (exact) mass is 429 g/mol. The van der Waals surface area contributed by atoms with E-state index in [-0.39, 0.29) is 11.8 Å². The van der Waals surface area contributed by atoms with Crippen molar-refractivity contribution < 1.29 is 14.3 Å². The number of hydrogen-bond donors (Lipinski definition) is 3. The Morgan fingerprint density at radius 1 is 0.969 bits per heavy atom. The Morgan fingerprint density at radius 2 is 1.66 bits per heavy atom. The molecular weight excluding hydrogens is 402 g/mol. The molecule has 2 amide bonds. The molecule has 6 heteroatoms. The lowest BCUT2D eigenvalue weighted by Crippen LogP contribution is -2.50. The maximum Gasteiger partial charge on any atom is 0.247 e. The largest absolute Gasteiger partial charge is 0.496 e. The lowest BCUT2D eigenvalue weighted by molar-refractivity contribution is -0.130. The topological polar surface area (TPSA) is 79.5 Å². The molecule has 0 spiro atoms. The summed E-state index contributed by atoms with van der Waals surface area (Å²) < 4.78 is 5.37. The van der Waals surface area contributed by atoms with E-state index in [4.69, 9.17) is 4.74 Å². The predicted octanol–water partition coefficient (Wildman–Crippen LogP) is 2.88. The first-order valence-electron chi connectivity index (χ1n) is 10.7. The minimum Gasteiger partial charge on any atom is -0.496 e. The third-order valence-corrected chi connectivity index (χ3v) is 5.73. The molecule has 1 aliphatic heterocycles. The van der Waals surface area contributed by atoms with Gasteiger partial charge in [-0.15, -0.1) is 0 Å². The van der Waals surface area contributed by atoms with Crippen molar-refractivity contribution in [1.29, 1.82) is 0 Å². The number of methoxy groups -OCH3 is 1. The maximum absolute atomic E-state index is 13.1. The second-order valence-electron chi connectivity index (χ2n) is 7.79. The zero-order valence-corrected chi connectivity index (χ0v) is 18.0. The summed E-state index contributed by atoms with van der Waals surface area (Å²) in [5, 5.41) is 9.18. The van der Waals surface area contributed by atoms with Gasteiger partial charge in [0.2, 0.25) is 11.8 Å². The number of carbonyl (C=O) groups is 2. The van der Waals surface area contributed by atoms with Crippen LogP contribution in [0.4, 0.5) is 0 Å². The summed E-state index contributed by atoms with van der Waals surface area (Å²) in [6.45, 7) is 0.932. The second-order valence-corrected chi connectivity index (χ2v) is 7.79. The molecule has 32 heavy (non-hydrogen) atoms. The van der Waals surface area contributed by atoms with Gasteiger partial charge in [0.05, 0.1) is 13.2 Å². The number of hydrogen-bond acceptors (Lipinski definition) is 4. The van der Waals surface area contributed by atoms with Gasteiger partial charge in [0.1, 0.15) is 11.8 Å². The molecule has 0 radical (unpaired) electrons. The van der Waals surface area contributed by atoms with Gasteiger partial charge in [-0.3, -0.25) is 9.59 Å². The first-order chi connectivity index (χ1) is 15.7. The molecule has 2 unspecified atom stereocenters. The van der Waals surface area contributed by atoms with Gasteiger partial charge in [-0.2, -0.15) is 0 Å². The fourth-order valence-electron chi connectivity index (χ4n) is 3.96. The van der Waals surface area contributed by atoms with Crippen LogP contribution in [-0.4, -0.2) is 25.0 Å². The normalized spacial score (nSPS) is 15.8. The Labute approximate surface area is 188 Å². The van der Waals surface area contributed by atoms with Crippen molar-refractivity contribution in [3.8, 4) is 5.75 Å². The second kappa shape index (κ2) is 10.1. The SMILES string of the molecule is COc1ccccc1CNC(=O)C(NC(=O)C1Cc2ccccc2CN1)c1ccccc1. The maximum atomic E-state index is 13.1. The molecule has 1 aliphatic rings. The Balaban J connectivity index is 1.47. The summed E-state index contributed by atoms with van der Waals surface area (Å²) in [5.74, 6) is 0.241. The molecular formula is C26H27N3O3. The molecule has 3 aromatic rings. The highest BCUT2D eigenvalue weighted by molar-refractivity contribution is 5.91. The van der Waals surface area contributed by atoms with Crippen molar-refractivity contribution in [2.75, 3.05) is 7.11 Å². The van der Waals surface area contributed by atoms with Gasteiger partial charge in [0, 0.05) is 18.7 Å². The van der Waals surface area contributed by atoms with Crippen molar-refractivity contribution in [1.82, 2.24) is 16.0 Å². The Bertz CT molecular complexity index is 1080. The van der Waals surface area contributed by atoms with Crippen LogP contribution in [-0.2, 0) is 29.1 Å². The number of rotatable bonds is 7. The highest BCUT2D eigenvalue weighted by Gasteiger charge is 2.29. The van der Waals surface area contributed by atoms with Crippen LogP contribution in [0.3, 0.4) is 0 Å². The van der Waals surface area contributed by atoms with Crippen LogP contribution in [0.2, 0.25) is 0 Å². The molecule has 0 saturated carbocycles. The first kappa shape index (κ1) is 21.6. The van der Waals surface area contributed by atoms with Gasteiger partial charge < -0.3 is 20.7 Å². The molecule has 0 bridgehead atoms. The molecule has 0 fully saturated rings. The van der Waals surface area contributed by atoms with E-state index in [2.05, 4.69) is 22.0 Å². The summed E-state index contributed by atoms with van der Waals surface area (Å²) >= 11 is 0. The zero-order valence-electron chi connectivity index (χ0n) is 18.0. The summed E-state index contributed by atoms with van der Waals surface area (Å²) in [6, 6.07) is 23.7. The van der Waals surface area contributed by atoms with Crippen LogP contribution in [0.5, 0.6) is 5.75 Å². The minimum absolute atomic E-state index is 0.194. The van der Waals surface area contributed by atoms with Crippen LogP contribution in [0.1, 0.15) is 28.3 Å². The Morgan fingerprint density at radius 3 is 2.44 bits per heavy atom. The number of benzene rings is 3. The minimum atomic E-state index is -0.794. The summed E-state index contributed by atoms with van der Waals surface area (Å²) in [4.78, 5) is 26.2. The van der Waals surface area contributed by atoms with Gasteiger partial charge in [0.15, 0.2) is 0 Å².